The lowest BCUT2D eigenvalue weighted by molar-refractivity contribution is -0.137. The molecule has 106 valence electrons. The number of nitrogens with one attached hydrogen (secondary N) is 2. The number of aryl methyl sites for hydroxylation is 2. The minimum atomic E-state index is -0.372. The van der Waals surface area contributed by atoms with Crippen molar-refractivity contribution in [2.45, 2.75) is 27.7 Å². The monoisotopic (exact) mass is 274 g/mol. The molecule has 2 heterocycles. The highest BCUT2D eigenvalue weighted by atomic mass is 16.5. The number of allylic oxidation sites excluding steroid dienone is 1. The minimum Gasteiger partial charge on any atom is -0.463 e. The minimum absolute atomic E-state index is 0.357. The number of carbonyl (C=O) groups excluding carboxylic acids is 1. The number of nitrogens with zero attached hydrogens (tertiary/aromatic N) is 2. The van der Waals surface area contributed by atoms with Crippen molar-refractivity contribution in [2.75, 3.05) is 11.9 Å². The summed E-state index contributed by atoms with van der Waals surface area (Å²) in [6, 6.07) is 1.99. The zero-order chi connectivity index (χ0) is 14.7. The lowest BCUT2D eigenvalue weighted by atomic mass is 10.2. The number of fused-ring (bicyclic) bond motifs is 1. The van der Waals surface area contributed by atoms with Crippen LogP contribution < -0.4 is 5.32 Å². The molecule has 6 nitrogen and oxygen atoms in total. The first-order valence-electron chi connectivity index (χ1n) is 6.45. The zero-order valence-electron chi connectivity index (χ0n) is 12.1. The van der Waals surface area contributed by atoms with Gasteiger partial charge in [-0.25, -0.2) is 9.78 Å². The van der Waals surface area contributed by atoms with Crippen molar-refractivity contribution in [3.63, 3.8) is 0 Å². The average Bonchev–Trinajstić information content (AvgIpc) is 2.72. The van der Waals surface area contributed by atoms with Crippen molar-refractivity contribution in [2.24, 2.45) is 0 Å². The SMILES string of the molecule is CCOC(=O)C=C(C)Nc1n[nH]c2nc(C)cc(C)c12. The van der Waals surface area contributed by atoms with E-state index in [9.17, 15) is 4.79 Å². The van der Waals surface area contributed by atoms with Crippen LogP contribution in [0.15, 0.2) is 17.8 Å². The first kappa shape index (κ1) is 14.0. The number of esters is 1. The van der Waals surface area contributed by atoms with E-state index in [4.69, 9.17) is 4.74 Å². The molecule has 0 saturated heterocycles. The highest BCUT2D eigenvalue weighted by Gasteiger charge is 2.10. The van der Waals surface area contributed by atoms with Gasteiger partial charge in [-0.05, 0) is 39.3 Å². The second-order valence-electron chi connectivity index (χ2n) is 4.58. The highest BCUT2D eigenvalue weighted by molar-refractivity contribution is 5.91. The van der Waals surface area contributed by atoms with Crippen molar-refractivity contribution >= 4 is 22.8 Å². The third-order valence-corrected chi connectivity index (χ3v) is 2.79. The largest absolute Gasteiger partial charge is 0.463 e. The van der Waals surface area contributed by atoms with E-state index in [0.29, 0.717) is 18.1 Å². The second kappa shape index (κ2) is 5.73. The van der Waals surface area contributed by atoms with E-state index in [0.717, 1.165) is 22.3 Å². The Morgan fingerprint density at radius 1 is 1.50 bits per heavy atom. The van der Waals surface area contributed by atoms with E-state index in [1.54, 1.807) is 13.8 Å². The number of anilines is 1. The first-order chi connectivity index (χ1) is 9.51. The lowest BCUT2D eigenvalue weighted by Gasteiger charge is -2.05. The molecule has 0 amide bonds. The summed E-state index contributed by atoms with van der Waals surface area (Å²) in [5.41, 5.74) is 3.41. The number of pyridine rings is 1. The van der Waals surface area contributed by atoms with Crippen LogP contribution in [-0.4, -0.2) is 27.8 Å². The molecule has 0 aliphatic carbocycles. The average molecular weight is 274 g/mol. The molecule has 0 aliphatic rings. The third-order valence-electron chi connectivity index (χ3n) is 2.79. The van der Waals surface area contributed by atoms with Crippen LogP contribution in [0.5, 0.6) is 0 Å². The molecule has 0 fully saturated rings. The summed E-state index contributed by atoms with van der Waals surface area (Å²) in [5.74, 6) is 0.283. The summed E-state index contributed by atoms with van der Waals surface area (Å²) < 4.78 is 4.86. The highest BCUT2D eigenvalue weighted by Crippen LogP contribution is 2.24. The fourth-order valence-electron chi connectivity index (χ4n) is 2.06. The Kier molecular flexibility index (Phi) is 4.02. The number of hydrogen-bond acceptors (Lipinski definition) is 5. The van der Waals surface area contributed by atoms with Crippen LogP contribution in [0, 0.1) is 13.8 Å². The Hall–Kier alpha value is -2.37. The molecular weight excluding hydrogens is 256 g/mol. The maximum absolute atomic E-state index is 11.4. The number of aromatic nitrogens is 3. The van der Waals surface area contributed by atoms with Gasteiger partial charge in [0.05, 0.1) is 12.0 Å². The van der Waals surface area contributed by atoms with Gasteiger partial charge in [-0.3, -0.25) is 5.10 Å². The molecule has 0 saturated carbocycles. The summed E-state index contributed by atoms with van der Waals surface area (Å²) in [5, 5.41) is 11.1. The van der Waals surface area contributed by atoms with Crippen molar-refractivity contribution in [3.05, 3.63) is 29.1 Å². The topological polar surface area (TPSA) is 79.9 Å². The first-order valence-corrected chi connectivity index (χ1v) is 6.45. The summed E-state index contributed by atoms with van der Waals surface area (Å²) in [6.45, 7) is 7.85. The van der Waals surface area contributed by atoms with E-state index in [1.807, 2.05) is 19.9 Å². The van der Waals surface area contributed by atoms with Crippen LogP contribution in [0.25, 0.3) is 11.0 Å². The van der Waals surface area contributed by atoms with Gasteiger partial charge >= 0.3 is 5.97 Å². The Labute approximate surface area is 117 Å². The molecular formula is C14H18N4O2. The molecule has 0 radical (unpaired) electrons. The molecule has 0 spiro atoms. The zero-order valence-corrected chi connectivity index (χ0v) is 12.1. The maximum Gasteiger partial charge on any atom is 0.332 e. The predicted molar refractivity (Wildman–Crippen MR) is 77.4 cm³/mol. The molecule has 0 aliphatic heterocycles. The van der Waals surface area contributed by atoms with Gasteiger partial charge in [-0.1, -0.05) is 0 Å². The van der Waals surface area contributed by atoms with Crippen molar-refractivity contribution in [3.8, 4) is 0 Å². The van der Waals surface area contributed by atoms with Gasteiger partial charge in [-0.2, -0.15) is 5.10 Å². The third kappa shape index (κ3) is 2.96. The van der Waals surface area contributed by atoms with Gasteiger partial charge in [0.2, 0.25) is 0 Å². The molecule has 2 aromatic rings. The van der Waals surface area contributed by atoms with Crippen molar-refractivity contribution in [1.82, 2.24) is 15.2 Å². The van der Waals surface area contributed by atoms with E-state index in [2.05, 4.69) is 20.5 Å². The molecule has 0 unspecified atom stereocenters. The van der Waals surface area contributed by atoms with E-state index >= 15 is 0 Å². The maximum atomic E-state index is 11.4. The molecule has 0 atom stereocenters. The molecule has 6 heteroatoms. The van der Waals surface area contributed by atoms with Crippen LogP contribution >= 0.6 is 0 Å². The Balaban J connectivity index is 2.28. The van der Waals surface area contributed by atoms with Crippen molar-refractivity contribution in [1.29, 1.82) is 0 Å². The number of hydrogen-bond donors (Lipinski definition) is 2. The van der Waals surface area contributed by atoms with Gasteiger partial charge in [0.25, 0.3) is 0 Å². The van der Waals surface area contributed by atoms with E-state index in [-0.39, 0.29) is 5.97 Å². The van der Waals surface area contributed by atoms with Crippen molar-refractivity contribution < 1.29 is 9.53 Å². The molecule has 20 heavy (non-hydrogen) atoms. The quantitative estimate of drug-likeness (QED) is 0.661. The Morgan fingerprint density at radius 3 is 2.95 bits per heavy atom. The van der Waals surface area contributed by atoms with Gasteiger partial charge in [0.15, 0.2) is 11.5 Å². The van der Waals surface area contributed by atoms with Crippen LogP contribution in [0.2, 0.25) is 0 Å². The summed E-state index contributed by atoms with van der Waals surface area (Å²) in [4.78, 5) is 15.8. The number of carbonyl (C=O) groups is 1. The van der Waals surface area contributed by atoms with Gasteiger partial charge in [0, 0.05) is 17.5 Å². The summed E-state index contributed by atoms with van der Waals surface area (Å²) >= 11 is 0. The van der Waals surface area contributed by atoms with E-state index in [1.165, 1.54) is 6.08 Å². The fraction of sp³-hybridized carbons (Fsp3) is 0.357. The molecule has 2 rings (SSSR count). The normalized spacial score (nSPS) is 11.7. The van der Waals surface area contributed by atoms with Crippen LogP contribution in [-0.2, 0) is 9.53 Å². The molecule has 0 bridgehead atoms. The lowest BCUT2D eigenvalue weighted by Crippen LogP contribution is -2.04. The fourth-order valence-corrected chi connectivity index (χ4v) is 2.06. The second-order valence-corrected chi connectivity index (χ2v) is 4.58. The number of ether oxygens (including phenoxy) is 1. The van der Waals surface area contributed by atoms with Gasteiger partial charge < -0.3 is 10.1 Å². The number of H-pyrrole nitrogens is 1. The van der Waals surface area contributed by atoms with E-state index < -0.39 is 0 Å². The van der Waals surface area contributed by atoms with Gasteiger partial charge in [-0.15, -0.1) is 0 Å². The van der Waals surface area contributed by atoms with Crippen LogP contribution in [0.1, 0.15) is 25.1 Å². The molecule has 2 N–H and O–H groups in total. The predicted octanol–water partition coefficient (Wildman–Crippen LogP) is 2.45. The number of rotatable bonds is 4. The smallest absolute Gasteiger partial charge is 0.332 e. The Morgan fingerprint density at radius 2 is 2.25 bits per heavy atom. The standard InChI is InChI=1S/C14H18N4O2/c1-5-20-11(19)7-10(4)16-14-12-8(2)6-9(3)15-13(12)17-18-14/h6-7H,5H2,1-4H3,(H2,15,16,17,18). The van der Waals surface area contributed by atoms with Crippen LogP contribution in [0.4, 0.5) is 5.82 Å². The number of aromatic amines is 1. The molecule has 0 aromatic carbocycles. The summed E-state index contributed by atoms with van der Waals surface area (Å²) in [6.07, 6.45) is 1.40. The summed E-state index contributed by atoms with van der Waals surface area (Å²) in [7, 11) is 0. The Bertz CT molecular complexity index is 673. The van der Waals surface area contributed by atoms with Gasteiger partial charge in [0.1, 0.15) is 0 Å². The molecule has 2 aromatic heterocycles. The van der Waals surface area contributed by atoms with Crippen LogP contribution in [0.3, 0.4) is 0 Å².